The summed E-state index contributed by atoms with van der Waals surface area (Å²) in [5.74, 6) is 1.55. The first-order valence-electron chi connectivity index (χ1n) is 6.29. The van der Waals surface area contributed by atoms with E-state index in [1.807, 2.05) is 6.92 Å². The van der Waals surface area contributed by atoms with Gasteiger partial charge in [-0.25, -0.2) is 0 Å². The van der Waals surface area contributed by atoms with Crippen LogP contribution in [0.5, 0.6) is 0 Å². The van der Waals surface area contributed by atoms with Crippen LogP contribution in [-0.2, 0) is 0 Å². The third-order valence-electron chi connectivity index (χ3n) is 3.83. The van der Waals surface area contributed by atoms with Gasteiger partial charge in [0.15, 0.2) is 0 Å². The second-order valence-corrected chi connectivity index (χ2v) is 6.21. The molecule has 17 heavy (non-hydrogen) atoms. The Morgan fingerprint density at radius 2 is 1.88 bits per heavy atom. The largest absolute Gasteiger partial charge is 0.370 e. The molecule has 1 aliphatic heterocycles. The highest BCUT2D eigenvalue weighted by atomic mass is 79.9. The van der Waals surface area contributed by atoms with Gasteiger partial charge >= 0.3 is 0 Å². The Bertz CT molecular complexity index is 393. The van der Waals surface area contributed by atoms with Gasteiger partial charge in [-0.1, -0.05) is 19.9 Å². The first-order valence-corrected chi connectivity index (χ1v) is 7.08. The molecule has 1 aliphatic rings. The van der Waals surface area contributed by atoms with Crippen LogP contribution >= 0.6 is 15.9 Å². The molecule has 94 valence electrons. The van der Waals surface area contributed by atoms with Crippen LogP contribution in [0.4, 0.5) is 5.69 Å². The first-order chi connectivity index (χ1) is 7.99. The topological polar surface area (TPSA) is 29.3 Å². The minimum Gasteiger partial charge on any atom is -0.370 e. The van der Waals surface area contributed by atoms with Gasteiger partial charge in [0.2, 0.25) is 0 Å². The summed E-state index contributed by atoms with van der Waals surface area (Å²) in [6.07, 6.45) is 0. The lowest BCUT2D eigenvalue weighted by Crippen LogP contribution is -2.20. The standard InChI is InChI=1S/C14H21BrN2/c1-9-7-17(8-10(9)2)14-5-4-12(11(3)16)6-13(14)15/h4-6,9-11H,7-8,16H2,1-3H3. The van der Waals surface area contributed by atoms with Gasteiger partial charge in [0.05, 0.1) is 5.69 Å². The Morgan fingerprint density at radius 3 is 2.35 bits per heavy atom. The molecular formula is C14H21BrN2. The Morgan fingerprint density at radius 1 is 1.29 bits per heavy atom. The van der Waals surface area contributed by atoms with Gasteiger partial charge in [-0.3, -0.25) is 0 Å². The second-order valence-electron chi connectivity index (χ2n) is 5.36. The maximum absolute atomic E-state index is 5.90. The number of hydrogen-bond acceptors (Lipinski definition) is 2. The smallest absolute Gasteiger partial charge is 0.0511 e. The van der Waals surface area contributed by atoms with Crippen LogP contribution in [0.2, 0.25) is 0 Å². The van der Waals surface area contributed by atoms with Crippen LogP contribution in [-0.4, -0.2) is 13.1 Å². The fourth-order valence-electron chi connectivity index (χ4n) is 2.39. The summed E-state index contributed by atoms with van der Waals surface area (Å²) in [6.45, 7) is 8.97. The summed E-state index contributed by atoms with van der Waals surface area (Å²) >= 11 is 3.67. The van der Waals surface area contributed by atoms with Crippen molar-refractivity contribution >= 4 is 21.6 Å². The van der Waals surface area contributed by atoms with Gasteiger partial charge in [0, 0.05) is 23.6 Å². The predicted octanol–water partition coefficient (Wildman–Crippen LogP) is 3.56. The molecule has 0 radical (unpaired) electrons. The molecule has 0 aromatic heterocycles. The SMILES string of the molecule is CC(N)c1ccc(N2CC(C)C(C)C2)c(Br)c1. The third-order valence-corrected chi connectivity index (χ3v) is 4.46. The Kier molecular flexibility index (Phi) is 3.79. The molecule has 3 heteroatoms. The van der Waals surface area contributed by atoms with Gasteiger partial charge < -0.3 is 10.6 Å². The summed E-state index contributed by atoms with van der Waals surface area (Å²) < 4.78 is 1.16. The molecule has 1 aromatic rings. The van der Waals surface area contributed by atoms with Gasteiger partial charge in [0.1, 0.15) is 0 Å². The number of anilines is 1. The third kappa shape index (κ3) is 2.66. The van der Waals surface area contributed by atoms with E-state index >= 15 is 0 Å². The molecule has 2 N–H and O–H groups in total. The maximum atomic E-state index is 5.90. The number of rotatable bonds is 2. The molecule has 2 nitrogen and oxygen atoms in total. The fraction of sp³-hybridized carbons (Fsp3) is 0.571. The lowest BCUT2D eigenvalue weighted by atomic mass is 10.0. The molecule has 1 saturated heterocycles. The van der Waals surface area contributed by atoms with Gasteiger partial charge in [-0.2, -0.15) is 0 Å². The summed E-state index contributed by atoms with van der Waals surface area (Å²) in [7, 11) is 0. The van der Waals surface area contributed by atoms with Crippen molar-refractivity contribution in [2.24, 2.45) is 17.6 Å². The van der Waals surface area contributed by atoms with E-state index in [0.29, 0.717) is 0 Å². The van der Waals surface area contributed by atoms with E-state index < -0.39 is 0 Å². The van der Waals surface area contributed by atoms with Crippen molar-refractivity contribution in [1.29, 1.82) is 0 Å². The van der Waals surface area contributed by atoms with Crippen LogP contribution in [0, 0.1) is 11.8 Å². The van der Waals surface area contributed by atoms with Crippen LogP contribution in [0.3, 0.4) is 0 Å². The number of nitrogens with zero attached hydrogens (tertiary/aromatic N) is 1. The van der Waals surface area contributed by atoms with E-state index in [0.717, 1.165) is 29.4 Å². The highest BCUT2D eigenvalue weighted by molar-refractivity contribution is 9.10. The normalized spacial score (nSPS) is 26.3. The Balaban J connectivity index is 2.23. The second kappa shape index (κ2) is 4.99. The highest BCUT2D eigenvalue weighted by Gasteiger charge is 2.27. The van der Waals surface area contributed by atoms with Crippen molar-refractivity contribution in [2.75, 3.05) is 18.0 Å². The summed E-state index contributed by atoms with van der Waals surface area (Å²) in [4.78, 5) is 2.46. The van der Waals surface area contributed by atoms with E-state index in [1.54, 1.807) is 0 Å². The molecule has 1 aromatic carbocycles. The molecule has 0 aliphatic carbocycles. The molecule has 0 spiro atoms. The Labute approximate surface area is 112 Å². The van der Waals surface area contributed by atoms with Crippen LogP contribution < -0.4 is 10.6 Å². The van der Waals surface area contributed by atoms with Crippen molar-refractivity contribution in [3.63, 3.8) is 0 Å². The number of benzene rings is 1. The monoisotopic (exact) mass is 296 g/mol. The maximum Gasteiger partial charge on any atom is 0.0511 e. The lowest BCUT2D eigenvalue weighted by molar-refractivity contribution is 0.494. The van der Waals surface area contributed by atoms with E-state index in [-0.39, 0.29) is 6.04 Å². The minimum absolute atomic E-state index is 0.0942. The lowest BCUT2D eigenvalue weighted by Gasteiger charge is -2.21. The molecule has 3 atom stereocenters. The van der Waals surface area contributed by atoms with Crippen LogP contribution in [0.25, 0.3) is 0 Å². The summed E-state index contributed by atoms with van der Waals surface area (Å²) in [5.41, 5.74) is 8.37. The molecule has 0 saturated carbocycles. The number of hydrogen-bond donors (Lipinski definition) is 1. The average Bonchev–Trinajstić information content (AvgIpc) is 2.58. The minimum atomic E-state index is 0.0942. The van der Waals surface area contributed by atoms with Crippen molar-refractivity contribution in [1.82, 2.24) is 0 Å². The van der Waals surface area contributed by atoms with Crippen LogP contribution in [0.1, 0.15) is 32.4 Å². The number of nitrogens with two attached hydrogens (primary N) is 1. The molecule has 1 heterocycles. The van der Waals surface area contributed by atoms with Crippen LogP contribution in [0.15, 0.2) is 22.7 Å². The summed E-state index contributed by atoms with van der Waals surface area (Å²) in [6, 6.07) is 6.57. The highest BCUT2D eigenvalue weighted by Crippen LogP contribution is 2.34. The van der Waals surface area contributed by atoms with E-state index in [2.05, 4.69) is 52.9 Å². The van der Waals surface area contributed by atoms with Crippen molar-refractivity contribution in [3.8, 4) is 0 Å². The zero-order chi connectivity index (χ0) is 12.6. The number of halogens is 1. The van der Waals surface area contributed by atoms with Gasteiger partial charge in [-0.15, -0.1) is 0 Å². The van der Waals surface area contributed by atoms with Gasteiger partial charge in [0.25, 0.3) is 0 Å². The van der Waals surface area contributed by atoms with Crippen molar-refractivity contribution in [2.45, 2.75) is 26.8 Å². The van der Waals surface area contributed by atoms with Crippen molar-refractivity contribution in [3.05, 3.63) is 28.2 Å². The van der Waals surface area contributed by atoms with E-state index in [1.165, 1.54) is 11.3 Å². The average molecular weight is 297 g/mol. The molecule has 2 rings (SSSR count). The quantitative estimate of drug-likeness (QED) is 0.904. The zero-order valence-corrected chi connectivity index (χ0v) is 12.4. The molecule has 0 bridgehead atoms. The van der Waals surface area contributed by atoms with E-state index in [9.17, 15) is 0 Å². The zero-order valence-electron chi connectivity index (χ0n) is 10.8. The van der Waals surface area contributed by atoms with Crippen molar-refractivity contribution < 1.29 is 0 Å². The van der Waals surface area contributed by atoms with E-state index in [4.69, 9.17) is 5.73 Å². The molecule has 0 amide bonds. The predicted molar refractivity (Wildman–Crippen MR) is 77.3 cm³/mol. The molecule has 1 fully saturated rings. The molecule has 3 unspecified atom stereocenters. The Hall–Kier alpha value is -0.540. The molecular weight excluding hydrogens is 276 g/mol. The van der Waals surface area contributed by atoms with Gasteiger partial charge in [-0.05, 0) is 52.4 Å². The summed E-state index contributed by atoms with van der Waals surface area (Å²) in [5, 5.41) is 0. The fourth-order valence-corrected chi connectivity index (χ4v) is 3.04. The first kappa shape index (κ1) is 12.9.